The summed E-state index contributed by atoms with van der Waals surface area (Å²) < 4.78 is 22.5. The number of hydrogen-bond acceptors (Lipinski definition) is 4. The van der Waals surface area contributed by atoms with Gasteiger partial charge in [0, 0.05) is 5.25 Å². The third-order valence-corrected chi connectivity index (χ3v) is 5.47. The number of rotatable bonds is 1. The minimum absolute atomic E-state index is 0.0375. The van der Waals surface area contributed by atoms with Crippen LogP contribution in [0, 0.1) is 5.41 Å². The molecule has 2 unspecified atom stereocenters. The highest BCUT2D eigenvalue weighted by Gasteiger charge is 2.47. The molecule has 0 aromatic carbocycles. The maximum Gasteiger partial charge on any atom is 0.161 e. The summed E-state index contributed by atoms with van der Waals surface area (Å²) in [6.07, 6.45) is 1.54. The van der Waals surface area contributed by atoms with Crippen LogP contribution in [0.5, 0.6) is 0 Å². The van der Waals surface area contributed by atoms with E-state index in [-0.39, 0.29) is 22.8 Å². The van der Waals surface area contributed by atoms with Gasteiger partial charge in [0.25, 0.3) is 0 Å². The summed E-state index contributed by atoms with van der Waals surface area (Å²) in [5.74, 6) is 0.369. The maximum absolute atomic E-state index is 11.3. The van der Waals surface area contributed by atoms with Crippen LogP contribution < -0.4 is 0 Å². The van der Waals surface area contributed by atoms with Crippen LogP contribution in [0.15, 0.2) is 12.8 Å². The molecule has 72 valence electrons. The summed E-state index contributed by atoms with van der Waals surface area (Å²) >= 11 is 1.33. The van der Waals surface area contributed by atoms with E-state index in [1.807, 2.05) is 0 Å². The molecule has 0 bridgehead atoms. The first-order valence-corrected chi connectivity index (χ1v) is 6.60. The van der Waals surface area contributed by atoms with Gasteiger partial charge in [0.05, 0.1) is 17.5 Å². The SMILES string of the molecule is C=CN1C(=N)SC2CS(=O)(=O)CC21. The fraction of sp³-hybridized carbons (Fsp3) is 0.571. The van der Waals surface area contributed by atoms with Gasteiger partial charge in [-0.05, 0) is 6.20 Å². The molecule has 0 aromatic rings. The second-order valence-electron chi connectivity index (χ2n) is 3.20. The third-order valence-electron chi connectivity index (χ3n) is 2.32. The Morgan fingerprint density at radius 2 is 2.31 bits per heavy atom. The van der Waals surface area contributed by atoms with Gasteiger partial charge in [0.2, 0.25) is 0 Å². The Morgan fingerprint density at radius 3 is 2.92 bits per heavy atom. The molecule has 13 heavy (non-hydrogen) atoms. The topological polar surface area (TPSA) is 61.2 Å². The number of amidine groups is 1. The molecular weight excluding hydrogens is 208 g/mol. The first-order chi connectivity index (χ1) is 6.03. The van der Waals surface area contributed by atoms with Crippen molar-refractivity contribution in [2.45, 2.75) is 11.3 Å². The Balaban J connectivity index is 2.29. The molecule has 0 radical (unpaired) electrons. The average molecular weight is 218 g/mol. The summed E-state index contributed by atoms with van der Waals surface area (Å²) in [5.41, 5.74) is 0. The normalized spacial score (nSPS) is 36.3. The van der Waals surface area contributed by atoms with E-state index in [2.05, 4.69) is 6.58 Å². The Bertz CT molecular complexity index is 363. The van der Waals surface area contributed by atoms with E-state index in [9.17, 15) is 8.42 Å². The van der Waals surface area contributed by atoms with Gasteiger partial charge in [-0.3, -0.25) is 5.41 Å². The van der Waals surface area contributed by atoms with Gasteiger partial charge in [-0.25, -0.2) is 8.42 Å². The quantitative estimate of drug-likeness (QED) is 0.686. The monoisotopic (exact) mass is 218 g/mol. The Kier molecular flexibility index (Phi) is 1.92. The smallest absolute Gasteiger partial charge is 0.161 e. The lowest BCUT2D eigenvalue weighted by Gasteiger charge is -2.17. The molecule has 2 rings (SSSR count). The number of hydrogen-bond donors (Lipinski definition) is 1. The average Bonchev–Trinajstić information content (AvgIpc) is 2.39. The van der Waals surface area contributed by atoms with Crippen molar-refractivity contribution in [2.24, 2.45) is 0 Å². The zero-order valence-electron chi connectivity index (χ0n) is 6.93. The van der Waals surface area contributed by atoms with Crippen molar-refractivity contribution in [1.29, 1.82) is 5.41 Å². The highest BCUT2D eigenvalue weighted by Crippen LogP contribution is 2.37. The van der Waals surface area contributed by atoms with Gasteiger partial charge in [0.1, 0.15) is 0 Å². The predicted molar refractivity (Wildman–Crippen MR) is 53.6 cm³/mol. The minimum atomic E-state index is -2.88. The van der Waals surface area contributed by atoms with Crippen LogP contribution in [0.1, 0.15) is 0 Å². The van der Waals surface area contributed by atoms with Gasteiger partial charge < -0.3 is 4.90 Å². The van der Waals surface area contributed by atoms with Crippen LogP contribution in [-0.2, 0) is 9.84 Å². The number of nitrogens with one attached hydrogen (secondary N) is 1. The molecule has 0 aromatic heterocycles. The number of thioether (sulfide) groups is 1. The van der Waals surface area contributed by atoms with Crippen LogP contribution in [0.25, 0.3) is 0 Å². The van der Waals surface area contributed by atoms with Crippen molar-refractivity contribution < 1.29 is 8.42 Å². The largest absolute Gasteiger partial charge is 0.323 e. The molecular formula is C7H10N2O2S2. The fourth-order valence-corrected chi connectivity index (χ4v) is 5.53. The lowest BCUT2D eigenvalue weighted by Crippen LogP contribution is -2.32. The van der Waals surface area contributed by atoms with Crippen molar-refractivity contribution in [1.82, 2.24) is 4.90 Å². The van der Waals surface area contributed by atoms with E-state index in [1.165, 1.54) is 11.8 Å². The lowest BCUT2D eigenvalue weighted by molar-refractivity contribution is 0.463. The van der Waals surface area contributed by atoms with Crippen molar-refractivity contribution in [3.63, 3.8) is 0 Å². The van der Waals surface area contributed by atoms with E-state index >= 15 is 0 Å². The van der Waals surface area contributed by atoms with Crippen LogP contribution in [0.4, 0.5) is 0 Å². The van der Waals surface area contributed by atoms with E-state index < -0.39 is 9.84 Å². The van der Waals surface area contributed by atoms with Crippen LogP contribution in [0.2, 0.25) is 0 Å². The molecule has 2 heterocycles. The summed E-state index contributed by atoms with van der Waals surface area (Å²) in [6.45, 7) is 3.58. The Hall–Kier alpha value is -0.490. The molecule has 0 spiro atoms. The van der Waals surface area contributed by atoms with Crippen molar-refractivity contribution >= 4 is 26.8 Å². The summed E-state index contributed by atoms with van der Waals surface area (Å²) in [6, 6.07) is -0.0556. The van der Waals surface area contributed by atoms with Gasteiger partial charge >= 0.3 is 0 Å². The molecule has 2 saturated heterocycles. The van der Waals surface area contributed by atoms with Gasteiger partial charge in [-0.1, -0.05) is 18.3 Å². The number of nitrogens with zero attached hydrogens (tertiary/aromatic N) is 1. The molecule has 2 atom stereocenters. The fourth-order valence-electron chi connectivity index (χ4n) is 1.74. The van der Waals surface area contributed by atoms with Gasteiger partial charge in [-0.15, -0.1) is 0 Å². The molecule has 0 aliphatic carbocycles. The predicted octanol–water partition coefficient (Wildman–Crippen LogP) is 0.279. The van der Waals surface area contributed by atoms with Crippen LogP contribution >= 0.6 is 11.8 Å². The minimum Gasteiger partial charge on any atom is -0.323 e. The molecule has 6 heteroatoms. The third kappa shape index (κ3) is 1.38. The maximum atomic E-state index is 11.3. The standard InChI is InChI=1S/C7H10N2O2S2/c1-2-9-5-3-13(10,11)4-6(5)12-7(9)8/h2,5-6,8H,1,3-4H2. The van der Waals surface area contributed by atoms with E-state index in [4.69, 9.17) is 5.41 Å². The first-order valence-electron chi connectivity index (χ1n) is 3.90. The van der Waals surface area contributed by atoms with E-state index in [0.29, 0.717) is 5.17 Å². The van der Waals surface area contributed by atoms with Crippen molar-refractivity contribution in [3.8, 4) is 0 Å². The Labute approximate surface area is 81.4 Å². The summed E-state index contributed by atoms with van der Waals surface area (Å²) in [4.78, 5) is 1.65. The second kappa shape index (κ2) is 2.75. The molecule has 0 amide bonds. The van der Waals surface area contributed by atoms with Gasteiger partial charge in [0.15, 0.2) is 15.0 Å². The molecule has 4 nitrogen and oxygen atoms in total. The number of fused-ring (bicyclic) bond motifs is 1. The molecule has 2 fully saturated rings. The number of sulfone groups is 1. The van der Waals surface area contributed by atoms with Crippen LogP contribution in [-0.4, -0.2) is 41.3 Å². The Morgan fingerprint density at radius 1 is 1.62 bits per heavy atom. The van der Waals surface area contributed by atoms with Crippen molar-refractivity contribution in [2.75, 3.05) is 11.5 Å². The first kappa shape index (κ1) is 9.08. The van der Waals surface area contributed by atoms with Gasteiger partial charge in [-0.2, -0.15) is 0 Å². The lowest BCUT2D eigenvalue weighted by atomic mass is 10.2. The zero-order chi connectivity index (χ0) is 9.64. The van der Waals surface area contributed by atoms with Crippen LogP contribution in [0.3, 0.4) is 0 Å². The van der Waals surface area contributed by atoms with E-state index in [0.717, 1.165) is 0 Å². The molecule has 2 aliphatic heterocycles. The summed E-state index contributed by atoms with van der Waals surface area (Å²) in [5, 5.41) is 8.01. The highest BCUT2D eigenvalue weighted by atomic mass is 32.2. The molecule has 1 N–H and O–H groups in total. The summed E-state index contributed by atoms with van der Waals surface area (Å²) in [7, 11) is -2.88. The van der Waals surface area contributed by atoms with E-state index in [1.54, 1.807) is 11.1 Å². The van der Waals surface area contributed by atoms with Crippen molar-refractivity contribution in [3.05, 3.63) is 12.8 Å². The highest BCUT2D eigenvalue weighted by molar-refractivity contribution is 8.15. The zero-order valence-corrected chi connectivity index (χ0v) is 8.57. The second-order valence-corrected chi connectivity index (χ2v) is 6.58. The molecule has 0 saturated carbocycles. The molecule has 2 aliphatic rings.